The summed E-state index contributed by atoms with van der Waals surface area (Å²) in [5.41, 5.74) is 19.8. The second kappa shape index (κ2) is 12.3. The minimum absolute atomic E-state index is 0.299. The SMILES string of the molecule is CC1(c2ccccc2)c2ccccc2-c2ccc(N(c3ccc(-c4ccc5c6c(cccc46)-c4ccccc4-5)cc3)c3ccccc3-c3ccccc3)cc21. The Hall–Kier alpha value is -6.96. The summed E-state index contributed by atoms with van der Waals surface area (Å²) in [6.45, 7) is 2.39. The lowest BCUT2D eigenvalue weighted by molar-refractivity contribution is 0.714. The van der Waals surface area contributed by atoms with E-state index in [0.29, 0.717) is 0 Å². The number of fused-ring (bicyclic) bond motifs is 6. The van der Waals surface area contributed by atoms with Crippen molar-refractivity contribution in [3.05, 3.63) is 223 Å². The molecule has 0 aromatic heterocycles. The fourth-order valence-corrected chi connectivity index (χ4v) is 9.51. The Morgan fingerprint density at radius 3 is 1.64 bits per heavy atom. The Morgan fingerprint density at radius 2 is 0.873 bits per heavy atom. The Kier molecular flexibility index (Phi) is 7.06. The maximum absolute atomic E-state index is 2.45. The van der Waals surface area contributed by atoms with E-state index in [2.05, 4.69) is 218 Å². The van der Waals surface area contributed by atoms with Crippen LogP contribution in [0.5, 0.6) is 0 Å². The molecule has 0 amide bonds. The minimum Gasteiger partial charge on any atom is -0.310 e. The van der Waals surface area contributed by atoms with Gasteiger partial charge in [-0.05, 0) is 115 Å². The maximum Gasteiger partial charge on any atom is 0.0540 e. The maximum atomic E-state index is 2.45. The van der Waals surface area contributed by atoms with Gasteiger partial charge < -0.3 is 4.90 Å². The molecule has 1 atom stereocenters. The molecule has 1 heteroatoms. The largest absolute Gasteiger partial charge is 0.310 e. The highest BCUT2D eigenvalue weighted by Crippen LogP contribution is 2.54. The molecule has 2 aliphatic carbocycles. The average Bonchev–Trinajstić information content (AvgIpc) is 3.72. The fraction of sp³-hybridized carbons (Fsp3) is 0.0370. The van der Waals surface area contributed by atoms with Crippen LogP contribution in [0.3, 0.4) is 0 Å². The molecule has 0 bridgehead atoms. The van der Waals surface area contributed by atoms with Crippen molar-refractivity contribution >= 4 is 27.8 Å². The summed E-state index contributed by atoms with van der Waals surface area (Å²) in [6, 6.07) is 76.0. The summed E-state index contributed by atoms with van der Waals surface area (Å²) >= 11 is 0. The van der Waals surface area contributed by atoms with E-state index >= 15 is 0 Å². The zero-order chi connectivity index (χ0) is 36.5. The summed E-state index contributed by atoms with van der Waals surface area (Å²) in [4.78, 5) is 2.45. The van der Waals surface area contributed by atoms with Crippen LogP contribution in [0.4, 0.5) is 17.1 Å². The molecule has 9 aromatic rings. The molecule has 1 unspecified atom stereocenters. The second-order valence-electron chi connectivity index (χ2n) is 15.0. The molecule has 0 saturated heterocycles. The molecule has 0 spiro atoms. The molecule has 9 aromatic carbocycles. The molecule has 0 saturated carbocycles. The summed E-state index contributed by atoms with van der Waals surface area (Å²) < 4.78 is 0. The number of rotatable bonds is 6. The van der Waals surface area contributed by atoms with Crippen molar-refractivity contribution in [2.24, 2.45) is 0 Å². The minimum atomic E-state index is -0.299. The third-order valence-electron chi connectivity index (χ3n) is 12.1. The molecule has 1 nitrogen and oxygen atoms in total. The highest BCUT2D eigenvalue weighted by Gasteiger charge is 2.41. The highest BCUT2D eigenvalue weighted by molar-refractivity contribution is 6.18. The predicted octanol–water partition coefficient (Wildman–Crippen LogP) is 14.6. The zero-order valence-corrected chi connectivity index (χ0v) is 30.6. The fourth-order valence-electron chi connectivity index (χ4n) is 9.51. The molecule has 0 radical (unpaired) electrons. The van der Waals surface area contributed by atoms with E-state index in [1.54, 1.807) is 0 Å². The average molecular weight is 700 g/mol. The quantitative estimate of drug-likeness (QED) is 0.167. The summed E-state index contributed by atoms with van der Waals surface area (Å²) in [6.07, 6.45) is 0. The molecule has 2 aliphatic rings. The van der Waals surface area contributed by atoms with Crippen molar-refractivity contribution in [1.29, 1.82) is 0 Å². The van der Waals surface area contributed by atoms with Gasteiger partial charge in [0.15, 0.2) is 0 Å². The highest BCUT2D eigenvalue weighted by atomic mass is 15.1. The first-order chi connectivity index (χ1) is 27.2. The number of para-hydroxylation sites is 1. The molecular weight excluding hydrogens is 663 g/mol. The Bertz CT molecular complexity index is 2890. The lowest BCUT2D eigenvalue weighted by Crippen LogP contribution is -2.22. The zero-order valence-electron chi connectivity index (χ0n) is 30.6. The standard InChI is InChI=1S/C54H37N/c1-54(38-17-6-3-7-18-38)50-25-12-10-22-45(50)46-32-31-40(35-51(46)54)55(52-26-13-11-19-42(52)36-15-4-2-5-16-36)39-29-27-37(28-30-39)41-33-34-49-44-21-9-8-20-43(44)48-24-14-23-47(41)53(48)49/h2-35H,1H3. The van der Waals surface area contributed by atoms with Crippen LogP contribution in [-0.2, 0) is 5.41 Å². The Labute approximate surface area is 322 Å². The summed E-state index contributed by atoms with van der Waals surface area (Å²) in [5, 5.41) is 2.65. The van der Waals surface area contributed by atoms with E-state index in [1.807, 2.05) is 0 Å². The first-order valence-corrected chi connectivity index (χ1v) is 19.2. The van der Waals surface area contributed by atoms with Gasteiger partial charge in [0.2, 0.25) is 0 Å². The van der Waals surface area contributed by atoms with E-state index in [4.69, 9.17) is 0 Å². The first-order valence-electron chi connectivity index (χ1n) is 19.2. The van der Waals surface area contributed by atoms with Crippen LogP contribution in [0.25, 0.3) is 66.4 Å². The van der Waals surface area contributed by atoms with Crippen molar-refractivity contribution in [3.63, 3.8) is 0 Å². The van der Waals surface area contributed by atoms with Gasteiger partial charge in [-0.15, -0.1) is 0 Å². The smallest absolute Gasteiger partial charge is 0.0540 e. The van der Waals surface area contributed by atoms with Crippen LogP contribution >= 0.6 is 0 Å². The van der Waals surface area contributed by atoms with E-state index < -0.39 is 0 Å². The van der Waals surface area contributed by atoms with Crippen molar-refractivity contribution in [3.8, 4) is 55.6 Å². The van der Waals surface area contributed by atoms with Gasteiger partial charge >= 0.3 is 0 Å². The van der Waals surface area contributed by atoms with Crippen LogP contribution in [0, 0.1) is 0 Å². The third kappa shape index (κ3) is 4.73. The lowest BCUT2D eigenvalue weighted by atomic mass is 9.74. The van der Waals surface area contributed by atoms with Crippen LogP contribution < -0.4 is 4.90 Å². The van der Waals surface area contributed by atoms with Gasteiger partial charge in [0.25, 0.3) is 0 Å². The van der Waals surface area contributed by atoms with Crippen molar-refractivity contribution in [2.45, 2.75) is 12.3 Å². The van der Waals surface area contributed by atoms with Crippen LogP contribution in [0.15, 0.2) is 206 Å². The molecule has 0 aliphatic heterocycles. The number of hydrogen-bond acceptors (Lipinski definition) is 1. The summed E-state index contributed by atoms with van der Waals surface area (Å²) in [7, 11) is 0. The Balaban J connectivity index is 1.09. The summed E-state index contributed by atoms with van der Waals surface area (Å²) in [5.74, 6) is 0. The van der Waals surface area contributed by atoms with Crippen LogP contribution in [-0.4, -0.2) is 0 Å². The van der Waals surface area contributed by atoms with Gasteiger partial charge in [-0.1, -0.05) is 176 Å². The van der Waals surface area contributed by atoms with Gasteiger partial charge in [0.1, 0.15) is 0 Å². The molecule has 55 heavy (non-hydrogen) atoms. The third-order valence-corrected chi connectivity index (χ3v) is 12.1. The van der Waals surface area contributed by atoms with Gasteiger partial charge in [-0.3, -0.25) is 0 Å². The van der Waals surface area contributed by atoms with Gasteiger partial charge in [0, 0.05) is 22.4 Å². The van der Waals surface area contributed by atoms with Crippen molar-refractivity contribution in [2.75, 3.05) is 4.90 Å². The van der Waals surface area contributed by atoms with Crippen LogP contribution in [0.1, 0.15) is 23.6 Å². The lowest BCUT2D eigenvalue weighted by Gasteiger charge is -2.31. The topological polar surface area (TPSA) is 3.24 Å². The Morgan fingerprint density at radius 1 is 0.345 bits per heavy atom. The monoisotopic (exact) mass is 699 g/mol. The van der Waals surface area contributed by atoms with E-state index in [0.717, 1.165) is 17.1 Å². The molecular formula is C54H37N. The van der Waals surface area contributed by atoms with Gasteiger partial charge in [-0.2, -0.15) is 0 Å². The molecule has 0 fully saturated rings. The van der Waals surface area contributed by atoms with Crippen molar-refractivity contribution < 1.29 is 0 Å². The number of nitrogens with zero attached hydrogens (tertiary/aromatic N) is 1. The molecule has 258 valence electrons. The van der Waals surface area contributed by atoms with Crippen LogP contribution in [0.2, 0.25) is 0 Å². The molecule has 0 N–H and O–H groups in total. The number of benzene rings is 9. The first kappa shape index (κ1) is 31.6. The molecule has 0 heterocycles. The van der Waals surface area contributed by atoms with Gasteiger partial charge in [-0.25, -0.2) is 0 Å². The van der Waals surface area contributed by atoms with E-state index in [1.165, 1.54) is 83.1 Å². The van der Waals surface area contributed by atoms with E-state index in [9.17, 15) is 0 Å². The van der Waals surface area contributed by atoms with E-state index in [-0.39, 0.29) is 5.41 Å². The molecule has 11 rings (SSSR count). The second-order valence-corrected chi connectivity index (χ2v) is 15.0. The number of hydrogen-bond donors (Lipinski definition) is 0. The predicted molar refractivity (Wildman–Crippen MR) is 231 cm³/mol. The normalized spacial score (nSPS) is 14.7. The van der Waals surface area contributed by atoms with Gasteiger partial charge in [0.05, 0.1) is 5.69 Å². The number of anilines is 3. The van der Waals surface area contributed by atoms with Crippen molar-refractivity contribution in [1.82, 2.24) is 0 Å².